The number of hydrogen-bond acceptors (Lipinski definition) is 1. The summed E-state index contributed by atoms with van der Waals surface area (Å²) in [5.41, 5.74) is -0.0600. The van der Waals surface area contributed by atoms with Gasteiger partial charge in [-0.3, -0.25) is 4.99 Å². The molecule has 0 saturated heterocycles. The highest BCUT2D eigenvalue weighted by Crippen LogP contribution is 2.24. The van der Waals surface area contributed by atoms with E-state index >= 15 is 0 Å². The van der Waals surface area contributed by atoms with Crippen molar-refractivity contribution < 1.29 is 0 Å². The third-order valence-electron chi connectivity index (χ3n) is 4.71. The summed E-state index contributed by atoms with van der Waals surface area (Å²) in [5.74, 6) is 0.560. The highest BCUT2D eigenvalue weighted by Gasteiger charge is 2.24. The second-order valence-electron chi connectivity index (χ2n) is 6.00. The minimum Gasteiger partial charge on any atom is -0.347 e. The first-order valence-corrected chi connectivity index (χ1v) is 8.48. The fraction of sp³-hybridized carbons (Fsp3) is 0.722. The first kappa shape index (κ1) is 20.2. The molecule has 0 heterocycles. The van der Waals surface area contributed by atoms with Crippen molar-refractivity contribution >= 4 is 16.9 Å². The Balaban J connectivity index is 4.94. The maximum Gasteiger partial charge on any atom is 0.194 e. The maximum absolute atomic E-state index is 6.47. The van der Waals surface area contributed by atoms with Crippen LogP contribution in [0.25, 0.3) is 0 Å². The van der Waals surface area contributed by atoms with Crippen LogP contribution in [0.4, 0.5) is 0 Å². The van der Waals surface area contributed by atoms with Crippen molar-refractivity contribution in [2.45, 2.75) is 71.9 Å². The fourth-order valence-corrected chi connectivity index (χ4v) is 2.61. The van der Waals surface area contributed by atoms with Crippen LogP contribution in [0, 0.1) is 5.92 Å². The van der Waals surface area contributed by atoms with Crippen LogP contribution in [-0.2, 0) is 0 Å². The van der Waals surface area contributed by atoms with E-state index in [2.05, 4.69) is 52.2 Å². The molecule has 2 nitrogen and oxygen atoms in total. The maximum atomic E-state index is 6.47. The van der Waals surface area contributed by atoms with Crippen molar-refractivity contribution in [3.63, 3.8) is 0 Å². The van der Waals surface area contributed by atoms with Gasteiger partial charge in [-0.05, 0) is 50.6 Å². The smallest absolute Gasteiger partial charge is 0.194 e. The molecule has 0 aliphatic carbocycles. The molecule has 21 heavy (non-hydrogen) atoms. The van der Waals surface area contributed by atoms with Crippen LogP contribution in [0.2, 0.25) is 0 Å². The lowest BCUT2D eigenvalue weighted by Gasteiger charge is -2.33. The van der Waals surface area contributed by atoms with E-state index in [1.54, 1.807) is 0 Å². The topological polar surface area (TPSA) is 15.6 Å². The van der Waals surface area contributed by atoms with Crippen molar-refractivity contribution in [2.75, 3.05) is 7.05 Å². The molecule has 0 aliphatic heterocycles. The largest absolute Gasteiger partial charge is 0.347 e. The molecule has 0 aliphatic rings. The molecule has 0 bridgehead atoms. The van der Waals surface area contributed by atoms with Crippen molar-refractivity contribution in [3.05, 3.63) is 24.8 Å². The second-order valence-corrected chi connectivity index (χ2v) is 6.34. The van der Waals surface area contributed by atoms with E-state index in [0.717, 1.165) is 25.7 Å². The van der Waals surface area contributed by atoms with Crippen molar-refractivity contribution in [1.29, 1.82) is 0 Å². The Morgan fingerprint density at radius 1 is 1.33 bits per heavy atom. The van der Waals surface area contributed by atoms with E-state index in [1.165, 1.54) is 0 Å². The molecular formula is C18H33ClN2. The molecule has 0 N–H and O–H groups in total. The van der Waals surface area contributed by atoms with Gasteiger partial charge in [0.05, 0.1) is 5.54 Å². The lowest BCUT2D eigenvalue weighted by atomic mass is 9.93. The van der Waals surface area contributed by atoms with Crippen LogP contribution in [0.5, 0.6) is 0 Å². The number of nitrogens with zero attached hydrogens (tertiary/aromatic N) is 2. The normalized spacial score (nSPS) is 16.0. The van der Waals surface area contributed by atoms with Gasteiger partial charge in [-0.1, -0.05) is 52.0 Å². The Bertz CT molecular complexity index is 356. The highest BCUT2D eigenvalue weighted by atomic mass is 35.5. The van der Waals surface area contributed by atoms with Crippen LogP contribution in [0.1, 0.15) is 60.3 Å². The number of amidine groups is 1. The number of halogens is 1. The van der Waals surface area contributed by atoms with E-state index in [-0.39, 0.29) is 5.54 Å². The average molecular weight is 313 g/mol. The number of hydrogen-bond donors (Lipinski definition) is 0. The van der Waals surface area contributed by atoms with E-state index in [4.69, 9.17) is 16.6 Å². The van der Waals surface area contributed by atoms with Crippen molar-refractivity contribution in [1.82, 2.24) is 4.90 Å². The average Bonchev–Trinajstić information content (AvgIpc) is 2.50. The molecule has 0 spiro atoms. The minimum absolute atomic E-state index is 0.0600. The summed E-state index contributed by atoms with van der Waals surface area (Å²) in [6.45, 7) is 14.7. The fourth-order valence-electron chi connectivity index (χ4n) is 2.25. The molecule has 2 atom stereocenters. The summed E-state index contributed by atoms with van der Waals surface area (Å²) in [6, 6.07) is 0.360. The third-order valence-corrected chi connectivity index (χ3v) is 5.06. The molecule has 0 unspecified atom stereocenters. The monoisotopic (exact) mass is 312 g/mol. The summed E-state index contributed by atoms with van der Waals surface area (Å²) >= 11 is 6.47. The van der Waals surface area contributed by atoms with Gasteiger partial charge in [0.1, 0.15) is 0 Å². The van der Waals surface area contributed by atoms with Gasteiger partial charge in [-0.2, -0.15) is 0 Å². The number of rotatable bonds is 9. The predicted molar refractivity (Wildman–Crippen MR) is 97.2 cm³/mol. The molecule has 0 radical (unpaired) electrons. The van der Waals surface area contributed by atoms with E-state index in [9.17, 15) is 0 Å². The zero-order valence-electron chi connectivity index (χ0n) is 14.7. The van der Waals surface area contributed by atoms with Crippen LogP contribution < -0.4 is 0 Å². The van der Waals surface area contributed by atoms with Crippen LogP contribution in [0.3, 0.4) is 0 Å². The lowest BCUT2D eigenvalue weighted by Crippen LogP contribution is -2.39. The Hall–Kier alpha value is -0.760. The lowest BCUT2D eigenvalue weighted by molar-refractivity contribution is 0.271. The van der Waals surface area contributed by atoms with E-state index < -0.39 is 0 Å². The van der Waals surface area contributed by atoms with E-state index in [1.807, 2.05) is 19.2 Å². The van der Waals surface area contributed by atoms with Crippen molar-refractivity contribution in [3.8, 4) is 0 Å². The van der Waals surface area contributed by atoms with Gasteiger partial charge >= 0.3 is 0 Å². The summed E-state index contributed by atoms with van der Waals surface area (Å²) in [7, 11) is 2.04. The molecular weight excluding hydrogens is 280 g/mol. The van der Waals surface area contributed by atoms with Crippen molar-refractivity contribution in [2.24, 2.45) is 10.9 Å². The Labute approximate surface area is 137 Å². The SMILES string of the molecule is C=C/C=C\C[C@@H](CC)[C@H](C)N(C)/C(Cl)=N\C(C)(CC)CC. The Kier molecular flexibility index (Phi) is 9.68. The molecule has 0 aromatic carbocycles. The summed E-state index contributed by atoms with van der Waals surface area (Å²) in [5, 5.41) is 0.625. The molecule has 0 aromatic heterocycles. The first-order valence-electron chi connectivity index (χ1n) is 8.10. The zero-order valence-corrected chi connectivity index (χ0v) is 15.5. The molecule has 0 rings (SSSR count). The summed E-state index contributed by atoms with van der Waals surface area (Å²) in [4.78, 5) is 6.87. The molecule has 0 saturated carbocycles. The predicted octanol–water partition coefficient (Wildman–Crippen LogP) is 5.64. The molecule has 0 aromatic rings. The number of allylic oxidation sites excluding steroid dienone is 3. The quantitative estimate of drug-likeness (QED) is 0.233. The first-order chi connectivity index (χ1) is 9.85. The Morgan fingerprint density at radius 2 is 1.90 bits per heavy atom. The van der Waals surface area contributed by atoms with Gasteiger partial charge in [0.15, 0.2) is 5.29 Å². The number of aliphatic imine (C=N–C) groups is 1. The van der Waals surface area contributed by atoms with Gasteiger partial charge in [0.2, 0.25) is 0 Å². The molecule has 0 fully saturated rings. The van der Waals surface area contributed by atoms with Gasteiger partial charge < -0.3 is 4.90 Å². The molecule has 122 valence electrons. The molecule has 0 amide bonds. The Morgan fingerprint density at radius 3 is 2.33 bits per heavy atom. The van der Waals surface area contributed by atoms with Gasteiger partial charge in [-0.15, -0.1) is 0 Å². The van der Waals surface area contributed by atoms with Gasteiger partial charge in [0, 0.05) is 13.1 Å². The zero-order chi connectivity index (χ0) is 16.5. The highest BCUT2D eigenvalue weighted by molar-refractivity contribution is 6.64. The van der Waals surface area contributed by atoms with E-state index in [0.29, 0.717) is 17.3 Å². The second kappa shape index (κ2) is 10.0. The van der Waals surface area contributed by atoms with Crippen LogP contribution in [-0.4, -0.2) is 28.8 Å². The minimum atomic E-state index is -0.0600. The van der Waals surface area contributed by atoms with Gasteiger partial charge in [-0.25, -0.2) is 0 Å². The van der Waals surface area contributed by atoms with Gasteiger partial charge in [0.25, 0.3) is 0 Å². The molecule has 3 heteroatoms. The standard InChI is InChI=1S/C18H33ClN2/c1-8-12-13-14-16(9-2)15(5)21(7)17(19)20-18(6,10-3)11-4/h8,12-13,15-16H,1,9-11,14H2,2-7H3/b13-12-,20-17-/t15-,16+/m0/s1. The van der Waals surface area contributed by atoms with Crippen LogP contribution in [0.15, 0.2) is 29.8 Å². The third kappa shape index (κ3) is 6.69. The summed E-state index contributed by atoms with van der Waals surface area (Å²) < 4.78 is 0. The summed E-state index contributed by atoms with van der Waals surface area (Å²) in [6.07, 6.45) is 10.2. The van der Waals surface area contributed by atoms with Crippen LogP contribution >= 0.6 is 11.6 Å².